The first-order valence-corrected chi connectivity index (χ1v) is 13.4. The van der Waals surface area contributed by atoms with E-state index in [1.807, 2.05) is 18.2 Å². The van der Waals surface area contributed by atoms with Crippen molar-refractivity contribution in [2.45, 2.75) is 46.2 Å². The number of fused-ring (bicyclic) bond motifs is 2. The van der Waals surface area contributed by atoms with Gasteiger partial charge >= 0.3 is 0 Å². The standard InChI is InChI=1S/C27H37N9O/c1-5-22-28-19-8-6-7-9-20(19)36(22)26-31-24-23(25(32-26)34-14-16-37-17-15-34)29-21(30-24)18-33-10-12-35(13-11-33)27(2,3)4/h6-9H,5,10-18H2,1-4H3,(H,29,30,31,32). The van der Waals surface area contributed by atoms with E-state index in [1.165, 1.54) is 0 Å². The molecule has 0 radical (unpaired) electrons. The summed E-state index contributed by atoms with van der Waals surface area (Å²) in [5.74, 6) is 3.38. The van der Waals surface area contributed by atoms with Crippen LogP contribution in [0.4, 0.5) is 5.82 Å². The van der Waals surface area contributed by atoms with Gasteiger partial charge in [0, 0.05) is 51.2 Å². The first-order valence-electron chi connectivity index (χ1n) is 13.4. The molecule has 196 valence electrons. The summed E-state index contributed by atoms with van der Waals surface area (Å²) in [6.45, 7) is 16.9. The Balaban J connectivity index is 1.38. The quantitative estimate of drug-likeness (QED) is 0.445. The van der Waals surface area contributed by atoms with Gasteiger partial charge in [0.2, 0.25) is 5.95 Å². The predicted molar refractivity (Wildman–Crippen MR) is 145 cm³/mol. The lowest BCUT2D eigenvalue weighted by Crippen LogP contribution is -2.53. The number of rotatable bonds is 5. The molecule has 10 nitrogen and oxygen atoms in total. The first-order chi connectivity index (χ1) is 17.9. The fourth-order valence-corrected chi connectivity index (χ4v) is 5.42. The summed E-state index contributed by atoms with van der Waals surface area (Å²) in [6.07, 6.45) is 0.789. The van der Waals surface area contributed by atoms with Crippen molar-refractivity contribution in [2.24, 2.45) is 0 Å². The van der Waals surface area contributed by atoms with Crippen molar-refractivity contribution < 1.29 is 4.74 Å². The molecule has 1 N–H and O–H groups in total. The van der Waals surface area contributed by atoms with Crippen LogP contribution in [-0.4, -0.2) is 97.3 Å². The fraction of sp³-hybridized carbons (Fsp3) is 0.556. The van der Waals surface area contributed by atoms with Crippen molar-refractivity contribution >= 4 is 28.0 Å². The number of anilines is 1. The second-order valence-electron chi connectivity index (χ2n) is 11.0. The molecule has 6 rings (SSSR count). The van der Waals surface area contributed by atoms with Crippen LogP contribution in [0, 0.1) is 0 Å². The van der Waals surface area contributed by atoms with Gasteiger partial charge in [0.1, 0.15) is 11.6 Å². The van der Waals surface area contributed by atoms with Gasteiger partial charge in [-0.2, -0.15) is 9.97 Å². The third-order valence-corrected chi connectivity index (χ3v) is 7.51. The molecular formula is C27H37N9O. The first kappa shape index (κ1) is 24.3. The molecule has 0 amide bonds. The minimum absolute atomic E-state index is 0.208. The summed E-state index contributed by atoms with van der Waals surface area (Å²) in [6, 6.07) is 8.18. The number of hydrogen-bond donors (Lipinski definition) is 1. The minimum atomic E-state index is 0.208. The van der Waals surface area contributed by atoms with E-state index in [0.29, 0.717) is 19.2 Å². The topological polar surface area (TPSA) is 91.2 Å². The Labute approximate surface area is 217 Å². The Bertz CT molecular complexity index is 1390. The number of piperazine rings is 1. The Kier molecular flexibility index (Phi) is 6.34. The number of ether oxygens (including phenoxy) is 1. The maximum Gasteiger partial charge on any atom is 0.239 e. The van der Waals surface area contributed by atoms with E-state index in [4.69, 9.17) is 24.7 Å². The van der Waals surface area contributed by atoms with Gasteiger partial charge in [-0.25, -0.2) is 9.97 Å². The number of benzene rings is 1. The fourth-order valence-electron chi connectivity index (χ4n) is 5.42. The molecule has 5 heterocycles. The monoisotopic (exact) mass is 503 g/mol. The summed E-state index contributed by atoms with van der Waals surface area (Å²) < 4.78 is 7.72. The Morgan fingerprint density at radius 2 is 1.68 bits per heavy atom. The van der Waals surface area contributed by atoms with Gasteiger partial charge in [-0.1, -0.05) is 19.1 Å². The molecule has 0 aliphatic carbocycles. The van der Waals surface area contributed by atoms with Crippen LogP contribution in [0.5, 0.6) is 0 Å². The Morgan fingerprint density at radius 3 is 2.41 bits per heavy atom. The molecule has 1 aromatic carbocycles. The van der Waals surface area contributed by atoms with Crippen LogP contribution < -0.4 is 4.90 Å². The Hall–Kier alpha value is -3.08. The van der Waals surface area contributed by atoms with Crippen molar-refractivity contribution in [1.82, 2.24) is 39.3 Å². The molecule has 4 aromatic rings. The largest absolute Gasteiger partial charge is 0.378 e. The highest BCUT2D eigenvalue weighted by atomic mass is 16.5. The van der Waals surface area contributed by atoms with Crippen LogP contribution in [0.3, 0.4) is 0 Å². The second kappa shape index (κ2) is 9.66. The van der Waals surface area contributed by atoms with Crippen LogP contribution in [0.1, 0.15) is 39.3 Å². The normalized spacial score (nSPS) is 18.3. The van der Waals surface area contributed by atoms with E-state index in [9.17, 15) is 0 Å². The van der Waals surface area contributed by atoms with Crippen LogP contribution >= 0.6 is 0 Å². The lowest BCUT2D eigenvalue weighted by Gasteiger charge is -2.42. The van der Waals surface area contributed by atoms with Gasteiger partial charge in [0.25, 0.3) is 0 Å². The third-order valence-electron chi connectivity index (χ3n) is 7.51. The van der Waals surface area contributed by atoms with Crippen molar-refractivity contribution in [2.75, 3.05) is 57.4 Å². The number of nitrogens with zero attached hydrogens (tertiary/aromatic N) is 8. The number of hydrogen-bond acceptors (Lipinski definition) is 8. The predicted octanol–water partition coefficient (Wildman–Crippen LogP) is 3.01. The molecule has 0 saturated carbocycles. The smallest absolute Gasteiger partial charge is 0.239 e. The van der Waals surface area contributed by atoms with Crippen molar-refractivity contribution in [3.63, 3.8) is 0 Å². The molecule has 0 atom stereocenters. The van der Waals surface area contributed by atoms with E-state index < -0.39 is 0 Å². The number of aryl methyl sites for hydroxylation is 1. The second-order valence-corrected chi connectivity index (χ2v) is 11.0. The minimum Gasteiger partial charge on any atom is -0.378 e. The highest BCUT2D eigenvalue weighted by Crippen LogP contribution is 2.28. The lowest BCUT2D eigenvalue weighted by molar-refractivity contribution is 0.0581. The molecule has 2 aliphatic heterocycles. The number of para-hydroxylation sites is 2. The lowest BCUT2D eigenvalue weighted by atomic mass is 10.1. The highest BCUT2D eigenvalue weighted by Gasteiger charge is 2.27. The summed E-state index contributed by atoms with van der Waals surface area (Å²) in [4.78, 5) is 30.8. The molecule has 3 aromatic heterocycles. The molecular weight excluding hydrogens is 466 g/mol. The summed E-state index contributed by atoms with van der Waals surface area (Å²) in [5, 5.41) is 0. The molecule has 2 fully saturated rings. The molecule has 0 unspecified atom stereocenters. The number of aromatic nitrogens is 6. The summed E-state index contributed by atoms with van der Waals surface area (Å²) in [7, 11) is 0. The van der Waals surface area contributed by atoms with Crippen LogP contribution in [0.2, 0.25) is 0 Å². The van der Waals surface area contributed by atoms with Crippen LogP contribution in [0.25, 0.3) is 28.1 Å². The van der Waals surface area contributed by atoms with Gasteiger partial charge in [-0.15, -0.1) is 0 Å². The number of aromatic amines is 1. The van der Waals surface area contributed by atoms with Crippen LogP contribution in [-0.2, 0) is 17.7 Å². The number of morpholine rings is 1. The zero-order valence-corrected chi connectivity index (χ0v) is 22.4. The number of H-pyrrole nitrogens is 1. The number of imidazole rings is 2. The van der Waals surface area contributed by atoms with E-state index in [-0.39, 0.29) is 5.54 Å². The molecule has 0 bridgehead atoms. The van der Waals surface area contributed by atoms with Crippen LogP contribution in [0.15, 0.2) is 24.3 Å². The SMILES string of the molecule is CCc1nc2ccccc2n1-c1nc(N2CCOCC2)c2nc(CN3CCN(C(C)(C)C)CC3)[nH]c2n1. The molecule has 0 spiro atoms. The average molecular weight is 504 g/mol. The van der Waals surface area contributed by atoms with E-state index >= 15 is 0 Å². The number of nitrogens with one attached hydrogen (secondary N) is 1. The zero-order chi connectivity index (χ0) is 25.6. The van der Waals surface area contributed by atoms with E-state index in [1.54, 1.807) is 0 Å². The van der Waals surface area contributed by atoms with Gasteiger partial charge < -0.3 is 14.6 Å². The average Bonchev–Trinajstić information content (AvgIpc) is 3.49. The van der Waals surface area contributed by atoms with Gasteiger partial charge in [-0.3, -0.25) is 14.4 Å². The molecule has 37 heavy (non-hydrogen) atoms. The van der Waals surface area contributed by atoms with Gasteiger partial charge in [0.05, 0.1) is 30.8 Å². The van der Waals surface area contributed by atoms with Crippen molar-refractivity contribution in [3.8, 4) is 5.95 Å². The van der Waals surface area contributed by atoms with E-state index in [0.717, 1.165) is 91.9 Å². The van der Waals surface area contributed by atoms with Crippen molar-refractivity contribution in [3.05, 3.63) is 35.9 Å². The summed E-state index contributed by atoms with van der Waals surface area (Å²) in [5.41, 5.74) is 3.78. The van der Waals surface area contributed by atoms with E-state index in [2.05, 4.69) is 58.0 Å². The van der Waals surface area contributed by atoms with Crippen molar-refractivity contribution in [1.29, 1.82) is 0 Å². The highest BCUT2D eigenvalue weighted by molar-refractivity contribution is 5.85. The Morgan fingerprint density at radius 1 is 0.919 bits per heavy atom. The third kappa shape index (κ3) is 4.69. The maximum atomic E-state index is 5.63. The van der Waals surface area contributed by atoms with Gasteiger partial charge in [0.15, 0.2) is 17.0 Å². The van der Waals surface area contributed by atoms with Gasteiger partial charge in [-0.05, 0) is 32.9 Å². The summed E-state index contributed by atoms with van der Waals surface area (Å²) >= 11 is 0. The molecule has 2 saturated heterocycles. The zero-order valence-electron chi connectivity index (χ0n) is 22.4. The maximum absolute atomic E-state index is 5.63. The molecule has 10 heteroatoms. The molecule has 2 aliphatic rings.